The number of carbonyl (C=O) groups is 1. The Kier molecular flexibility index (Phi) is 5.69. The van der Waals surface area contributed by atoms with Crippen molar-refractivity contribution in [1.82, 2.24) is 0 Å². The first-order valence-corrected chi connectivity index (χ1v) is 13.9. The van der Waals surface area contributed by atoms with Crippen LogP contribution in [0.25, 0.3) is 0 Å². The topological polar surface area (TPSA) is 35.5 Å². The number of ether oxygens (including phenoxy) is 2. The fourth-order valence-corrected chi connectivity index (χ4v) is 9.25. The minimum Gasteiger partial charge on any atom is -0.492 e. The second-order valence-corrected chi connectivity index (χ2v) is 13.7. The van der Waals surface area contributed by atoms with Crippen molar-refractivity contribution in [2.75, 3.05) is 20.3 Å². The van der Waals surface area contributed by atoms with E-state index in [0.29, 0.717) is 17.1 Å². The van der Waals surface area contributed by atoms with Crippen LogP contribution in [0.15, 0.2) is 46.3 Å². The molecular formula is C32H46O3. The van der Waals surface area contributed by atoms with Crippen LogP contribution in [-0.4, -0.2) is 26.1 Å². The van der Waals surface area contributed by atoms with Crippen molar-refractivity contribution in [3.8, 4) is 0 Å². The van der Waals surface area contributed by atoms with Crippen molar-refractivity contribution in [3.05, 3.63) is 46.3 Å². The van der Waals surface area contributed by atoms with Gasteiger partial charge in [-0.3, -0.25) is 4.79 Å². The Morgan fingerprint density at radius 3 is 2.37 bits per heavy atom. The van der Waals surface area contributed by atoms with Crippen molar-refractivity contribution >= 4 is 5.78 Å². The third kappa shape index (κ3) is 3.29. The molecule has 0 aromatic heterocycles. The highest BCUT2D eigenvalue weighted by molar-refractivity contribution is 6.07. The molecule has 0 spiro atoms. The van der Waals surface area contributed by atoms with Crippen molar-refractivity contribution in [2.24, 2.45) is 33.0 Å². The van der Waals surface area contributed by atoms with Gasteiger partial charge in [0.15, 0.2) is 5.76 Å². The largest absolute Gasteiger partial charge is 0.492 e. The van der Waals surface area contributed by atoms with Gasteiger partial charge >= 0.3 is 0 Å². The van der Waals surface area contributed by atoms with E-state index in [-0.39, 0.29) is 27.4 Å². The zero-order valence-corrected chi connectivity index (χ0v) is 23.4. The minimum atomic E-state index is -0.0917. The van der Waals surface area contributed by atoms with Gasteiger partial charge in [-0.1, -0.05) is 52.3 Å². The molecule has 5 aliphatic rings. The fourth-order valence-electron chi connectivity index (χ4n) is 9.25. The van der Waals surface area contributed by atoms with Crippen LogP contribution in [0.2, 0.25) is 0 Å². The number of allylic oxidation sites excluding steroid dienone is 7. The van der Waals surface area contributed by atoms with E-state index in [1.54, 1.807) is 12.7 Å². The average molecular weight is 479 g/mol. The summed E-state index contributed by atoms with van der Waals surface area (Å²) in [6.07, 6.45) is 15.3. The second kappa shape index (κ2) is 7.94. The van der Waals surface area contributed by atoms with Gasteiger partial charge in [0.1, 0.15) is 0 Å². The molecule has 0 aliphatic heterocycles. The number of ketones is 1. The van der Waals surface area contributed by atoms with Crippen molar-refractivity contribution < 1.29 is 14.3 Å². The lowest BCUT2D eigenvalue weighted by Gasteiger charge is -2.70. The van der Waals surface area contributed by atoms with Gasteiger partial charge in [0.05, 0.1) is 13.7 Å². The van der Waals surface area contributed by atoms with E-state index in [4.69, 9.17) is 9.47 Å². The maximum absolute atomic E-state index is 13.0. The molecule has 0 saturated heterocycles. The molecule has 0 amide bonds. The third-order valence-corrected chi connectivity index (χ3v) is 11.8. The summed E-state index contributed by atoms with van der Waals surface area (Å²) in [7, 11) is 1.61. The maximum Gasteiger partial charge on any atom is 0.220 e. The van der Waals surface area contributed by atoms with Gasteiger partial charge in [0.25, 0.3) is 0 Å². The number of methoxy groups -OCH3 is 1. The number of fused-ring (bicyclic) bond motifs is 7. The standard InChI is InChI=1S/C32H46O3/c1-9-35-20-28(3)12-13-29(4)14-16-31(6)25-11-10-22-21(2)27(34-8)24(33)18-23(22)30(25,5)15-17-32(31,7)26(29)19-28/h10-11,18,26H,9,12-17,19-20H2,1-8H3/t26-,28-,29-,30+,31-,32+/m1/s1. The van der Waals surface area contributed by atoms with Crippen molar-refractivity contribution in [1.29, 1.82) is 0 Å². The molecule has 0 aromatic carbocycles. The third-order valence-electron chi connectivity index (χ3n) is 11.8. The van der Waals surface area contributed by atoms with E-state index in [1.807, 2.05) is 13.0 Å². The molecule has 192 valence electrons. The van der Waals surface area contributed by atoms with Gasteiger partial charge in [-0.2, -0.15) is 0 Å². The van der Waals surface area contributed by atoms with Crippen molar-refractivity contribution in [2.45, 2.75) is 93.4 Å². The number of carbonyl (C=O) groups excluding carboxylic acids is 1. The zero-order valence-electron chi connectivity index (χ0n) is 23.4. The number of hydrogen-bond donors (Lipinski definition) is 0. The van der Waals surface area contributed by atoms with E-state index in [1.165, 1.54) is 49.7 Å². The van der Waals surface area contributed by atoms with Crippen LogP contribution in [0.1, 0.15) is 93.4 Å². The molecule has 3 heteroatoms. The van der Waals surface area contributed by atoms with E-state index in [9.17, 15) is 4.79 Å². The molecule has 3 fully saturated rings. The average Bonchev–Trinajstić information content (AvgIpc) is 2.81. The van der Waals surface area contributed by atoms with Gasteiger partial charge in [-0.25, -0.2) is 0 Å². The number of rotatable bonds is 4. The Balaban J connectivity index is 1.59. The second-order valence-electron chi connectivity index (χ2n) is 13.7. The van der Waals surface area contributed by atoms with Crippen LogP contribution in [0, 0.1) is 33.0 Å². The summed E-state index contributed by atoms with van der Waals surface area (Å²) in [5.74, 6) is 1.21. The van der Waals surface area contributed by atoms with Crippen LogP contribution in [0.5, 0.6) is 0 Å². The van der Waals surface area contributed by atoms with E-state index in [0.717, 1.165) is 25.2 Å². The molecule has 3 saturated carbocycles. The van der Waals surface area contributed by atoms with Crippen LogP contribution < -0.4 is 0 Å². The lowest BCUT2D eigenvalue weighted by atomic mass is 9.34. The maximum atomic E-state index is 13.0. The molecule has 0 N–H and O–H groups in total. The Labute approximate surface area is 213 Å². The van der Waals surface area contributed by atoms with Gasteiger partial charge in [0.2, 0.25) is 5.78 Å². The SMILES string of the molecule is CCOC[C@]1(C)CC[C@]2(C)CC[C@]3(C)C4=CC=C5C(=CC(=O)C(OC)=C5C)[C@]4(C)CC[C@@]3(C)[C@@H]2C1. The summed E-state index contributed by atoms with van der Waals surface area (Å²) in [5.41, 5.74) is 5.93. The zero-order chi connectivity index (χ0) is 25.4. The molecule has 5 aliphatic carbocycles. The first-order valence-electron chi connectivity index (χ1n) is 13.9. The summed E-state index contributed by atoms with van der Waals surface area (Å²) in [5, 5.41) is 0. The summed E-state index contributed by atoms with van der Waals surface area (Å²) in [4.78, 5) is 13.0. The van der Waals surface area contributed by atoms with Gasteiger partial charge in [0, 0.05) is 17.6 Å². The van der Waals surface area contributed by atoms with E-state index >= 15 is 0 Å². The summed E-state index contributed by atoms with van der Waals surface area (Å²) < 4.78 is 11.5. The van der Waals surface area contributed by atoms with Gasteiger partial charge in [-0.05, 0) is 104 Å². The minimum absolute atomic E-state index is 0.0216. The Morgan fingerprint density at radius 2 is 1.69 bits per heavy atom. The smallest absolute Gasteiger partial charge is 0.220 e. The molecule has 0 bridgehead atoms. The lowest BCUT2D eigenvalue weighted by molar-refractivity contribution is -0.168. The predicted octanol–water partition coefficient (Wildman–Crippen LogP) is 7.74. The Bertz CT molecular complexity index is 1070. The van der Waals surface area contributed by atoms with Crippen LogP contribution in [0.3, 0.4) is 0 Å². The molecule has 0 radical (unpaired) electrons. The number of hydrogen-bond acceptors (Lipinski definition) is 3. The highest BCUT2D eigenvalue weighted by Crippen LogP contribution is 2.75. The molecule has 0 unspecified atom stereocenters. The highest BCUT2D eigenvalue weighted by Gasteiger charge is 2.66. The van der Waals surface area contributed by atoms with Gasteiger partial charge in [-0.15, -0.1) is 0 Å². The van der Waals surface area contributed by atoms with Crippen LogP contribution in [0.4, 0.5) is 0 Å². The Hall–Kier alpha value is -1.61. The lowest BCUT2D eigenvalue weighted by Crippen LogP contribution is -2.62. The molecule has 0 heterocycles. The molecule has 0 aromatic rings. The summed E-state index contributed by atoms with van der Waals surface area (Å²) in [6, 6.07) is 0. The van der Waals surface area contributed by atoms with E-state index in [2.05, 4.69) is 53.7 Å². The van der Waals surface area contributed by atoms with Crippen LogP contribution in [-0.2, 0) is 14.3 Å². The Morgan fingerprint density at radius 1 is 0.971 bits per heavy atom. The summed E-state index contributed by atoms with van der Waals surface area (Å²) in [6.45, 7) is 18.5. The molecule has 5 rings (SSSR count). The molecular weight excluding hydrogens is 432 g/mol. The van der Waals surface area contributed by atoms with Gasteiger partial charge < -0.3 is 9.47 Å². The van der Waals surface area contributed by atoms with Crippen LogP contribution >= 0.6 is 0 Å². The molecule has 3 nitrogen and oxygen atoms in total. The summed E-state index contributed by atoms with van der Waals surface area (Å²) >= 11 is 0. The van der Waals surface area contributed by atoms with E-state index < -0.39 is 0 Å². The predicted molar refractivity (Wildman–Crippen MR) is 142 cm³/mol. The monoisotopic (exact) mass is 478 g/mol. The van der Waals surface area contributed by atoms with Crippen molar-refractivity contribution in [3.63, 3.8) is 0 Å². The fraction of sp³-hybridized carbons (Fsp3) is 0.719. The quantitative estimate of drug-likeness (QED) is 0.414. The molecule has 35 heavy (non-hydrogen) atoms. The molecule has 6 atom stereocenters. The first-order chi connectivity index (χ1) is 16.4. The normalized spacial score (nSPS) is 44.9. The highest BCUT2D eigenvalue weighted by atomic mass is 16.5. The first kappa shape index (κ1) is 25.1.